The van der Waals surface area contributed by atoms with E-state index in [0.29, 0.717) is 44.2 Å². The Bertz CT molecular complexity index is 1560. The molecule has 2 aromatic carbocycles. The lowest BCUT2D eigenvalue weighted by Gasteiger charge is -2.34. The summed E-state index contributed by atoms with van der Waals surface area (Å²) in [5.41, 5.74) is 5.67. The molecule has 0 saturated carbocycles. The quantitative estimate of drug-likeness (QED) is 0.267. The second kappa shape index (κ2) is 12.1. The highest BCUT2D eigenvalue weighted by molar-refractivity contribution is 5.98. The third kappa shape index (κ3) is 6.63. The second-order valence-corrected chi connectivity index (χ2v) is 12.0. The molecule has 4 heterocycles. The SMILES string of the molecule is Cc1ccc(CN2CCC(c3cc4cc(C(=O)N5CCN(Cc6ccc(C(F)(F)F)cc6)CC5)ccc4n3C)CC2)cn1. The molecule has 0 atom stereocenters. The van der Waals surface area contributed by atoms with Gasteiger partial charge < -0.3 is 9.47 Å². The molecular formula is C34H38F3N5O. The van der Waals surface area contributed by atoms with Crippen LogP contribution in [-0.2, 0) is 26.3 Å². The Morgan fingerprint density at radius 2 is 1.49 bits per heavy atom. The van der Waals surface area contributed by atoms with Crippen LogP contribution in [0.5, 0.6) is 0 Å². The highest BCUT2D eigenvalue weighted by atomic mass is 19.4. The number of carbonyl (C=O) groups is 1. The van der Waals surface area contributed by atoms with Crippen LogP contribution in [0.15, 0.2) is 66.9 Å². The van der Waals surface area contributed by atoms with Crippen LogP contribution >= 0.6 is 0 Å². The molecule has 1 amide bonds. The lowest BCUT2D eigenvalue weighted by atomic mass is 9.93. The number of rotatable bonds is 6. The number of amides is 1. The number of hydrogen-bond donors (Lipinski definition) is 0. The molecule has 0 bridgehead atoms. The second-order valence-electron chi connectivity index (χ2n) is 12.0. The number of carbonyl (C=O) groups excluding carboxylic acids is 1. The fourth-order valence-corrected chi connectivity index (χ4v) is 6.48. The molecule has 6 nitrogen and oxygen atoms in total. The Morgan fingerprint density at radius 3 is 2.14 bits per heavy atom. The van der Waals surface area contributed by atoms with E-state index in [9.17, 15) is 18.0 Å². The summed E-state index contributed by atoms with van der Waals surface area (Å²) in [4.78, 5) is 24.4. The maximum absolute atomic E-state index is 13.4. The zero-order chi connectivity index (χ0) is 30.1. The molecule has 0 N–H and O–H groups in total. The van der Waals surface area contributed by atoms with Crippen molar-refractivity contribution in [2.75, 3.05) is 39.3 Å². The molecule has 0 unspecified atom stereocenters. The van der Waals surface area contributed by atoms with Crippen LogP contribution in [0.2, 0.25) is 0 Å². The predicted octanol–water partition coefficient (Wildman–Crippen LogP) is 6.24. The predicted molar refractivity (Wildman–Crippen MR) is 162 cm³/mol. The van der Waals surface area contributed by atoms with Crippen molar-refractivity contribution in [3.8, 4) is 0 Å². The van der Waals surface area contributed by atoms with Crippen molar-refractivity contribution in [3.05, 3.63) is 101 Å². The minimum Gasteiger partial charge on any atom is -0.347 e. The van der Waals surface area contributed by atoms with Crippen molar-refractivity contribution < 1.29 is 18.0 Å². The third-order valence-electron chi connectivity index (χ3n) is 9.06. The molecule has 2 aliphatic rings. The van der Waals surface area contributed by atoms with Gasteiger partial charge in [0.2, 0.25) is 0 Å². The number of fused-ring (bicyclic) bond motifs is 1. The largest absolute Gasteiger partial charge is 0.416 e. The van der Waals surface area contributed by atoms with Gasteiger partial charge in [-0.05, 0) is 86.4 Å². The average molecular weight is 590 g/mol. The van der Waals surface area contributed by atoms with E-state index in [0.717, 1.165) is 66.8 Å². The summed E-state index contributed by atoms with van der Waals surface area (Å²) >= 11 is 0. The lowest BCUT2D eigenvalue weighted by Crippen LogP contribution is -2.48. The molecule has 2 aromatic heterocycles. The van der Waals surface area contributed by atoms with E-state index in [1.807, 2.05) is 30.2 Å². The molecule has 0 radical (unpaired) electrons. The highest BCUT2D eigenvalue weighted by Gasteiger charge is 2.30. The van der Waals surface area contributed by atoms with Gasteiger partial charge in [-0.1, -0.05) is 18.2 Å². The van der Waals surface area contributed by atoms with Crippen molar-refractivity contribution in [1.82, 2.24) is 24.3 Å². The van der Waals surface area contributed by atoms with Crippen LogP contribution in [0.4, 0.5) is 13.2 Å². The Kier molecular flexibility index (Phi) is 8.29. The van der Waals surface area contributed by atoms with Gasteiger partial charge in [0.05, 0.1) is 5.56 Å². The molecule has 226 valence electrons. The molecule has 2 saturated heterocycles. The minimum atomic E-state index is -4.33. The van der Waals surface area contributed by atoms with Crippen LogP contribution in [0.1, 0.15) is 57.2 Å². The number of halogens is 3. The number of benzene rings is 2. The summed E-state index contributed by atoms with van der Waals surface area (Å²) in [5.74, 6) is 0.516. The van der Waals surface area contributed by atoms with Gasteiger partial charge in [0, 0.05) is 86.3 Å². The molecule has 2 aliphatic heterocycles. The Hall–Kier alpha value is -3.69. The van der Waals surface area contributed by atoms with Gasteiger partial charge in [0.25, 0.3) is 5.91 Å². The van der Waals surface area contributed by atoms with E-state index in [1.54, 1.807) is 0 Å². The molecule has 43 heavy (non-hydrogen) atoms. The lowest BCUT2D eigenvalue weighted by molar-refractivity contribution is -0.137. The molecule has 0 aliphatic carbocycles. The van der Waals surface area contributed by atoms with Crippen molar-refractivity contribution in [3.63, 3.8) is 0 Å². The van der Waals surface area contributed by atoms with E-state index in [1.165, 1.54) is 23.4 Å². The average Bonchev–Trinajstić information content (AvgIpc) is 3.34. The number of nitrogens with zero attached hydrogens (tertiary/aromatic N) is 5. The molecule has 0 spiro atoms. The molecule has 9 heteroatoms. The number of piperazine rings is 1. The van der Waals surface area contributed by atoms with Gasteiger partial charge in [-0.15, -0.1) is 0 Å². The zero-order valence-corrected chi connectivity index (χ0v) is 24.8. The first kappa shape index (κ1) is 29.4. The Morgan fingerprint density at radius 1 is 0.837 bits per heavy atom. The first-order valence-electron chi connectivity index (χ1n) is 15.0. The minimum absolute atomic E-state index is 0.0281. The van der Waals surface area contributed by atoms with Crippen molar-refractivity contribution in [1.29, 1.82) is 0 Å². The Labute approximate surface area is 250 Å². The van der Waals surface area contributed by atoms with Crippen molar-refractivity contribution >= 4 is 16.8 Å². The van der Waals surface area contributed by atoms with E-state index >= 15 is 0 Å². The van der Waals surface area contributed by atoms with Crippen LogP contribution in [0.3, 0.4) is 0 Å². The summed E-state index contributed by atoms with van der Waals surface area (Å²) in [5, 5.41) is 1.09. The number of aromatic nitrogens is 2. The Balaban J connectivity index is 1.04. The monoisotopic (exact) mass is 589 g/mol. The maximum Gasteiger partial charge on any atom is 0.416 e. The number of aryl methyl sites for hydroxylation is 2. The summed E-state index contributed by atoms with van der Waals surface area (Å²) in [6.45, 7) is 8.17. The first-order chi connectivity index (χ1) is 20.6. The molecule has 6 rings (SSSR count). The number of hydrogen-bond acceptors (Lipinski definition) is 4. The normalized spacial score (nSPS) is 17.6. The standard InChI is InChI=1S/C34H38F3N5O/c1-24-3-4-26(21-38-24)23-40-13-11-27(12-14-40)32-20-29-19-28(7-10-31(29)39(32)2)33(43)42-17-15-41(16-18-42)22-25-5-8-30(9-6-25)34(35,36)37/h3-10,19-21,27H,11-18,22-23H2,1-2H3. The number of piperidine rings is 1. The van der Waals surface area contributed by atoms with Crippen LogP contribution in [0, 0.1) is 6.92 Å². The van der Waals surface area contributed by atoms with Crippen LogP contribution in [0.25, 0.3) is 10.9 Å². The van der Waals surface area contributed by atoms with Crippen LogP contribution < -0.4 is 0 Å². The smallest absolute Gasteiger partial charge is 0.347 e. The third-order valence-corrected chi connectivity index (χ3v) is 9.06. The van der Waals surface area contributed by atoms with Gasteiger partial charge in [-0.2, -0.15) is 13.2 Å². The fourth-order valence-electron chi connectivity index (χ4n) is 6.48. The summed E-state index contributed by atoms with van der Waals surface area (Å²) in [7, 11) is 2.12. The van der Waals surface area contributed by atoms with Gasteiger partial charge in [-0.25, -0.2) is 0 Å². The molecule has 4 aromatic rings. The van der Waals surface area contributed by atoms with E-state index in [4.69, 9.17) is 0 Å². The summed E-state index contributed by atoms with van der Waals surface area (Å²) in [6.07, 6.45) is -0.140. The number of alkyl halides is 3. The highest BCUT2D eigenvalue weighted by Crippen LogP contribution is 2.33. The first-order valence-corrected chi connectivity index (χ1v) is 15.0. The number of pyridine rings is 1. The van der Waals surface area contributed by atoms with Gasteiger partial charge >= 0.3 is 6.18 Å². The number of likely N-dealkylation sites (tertiary alicyclic amines) is 1. The maximum atomic E-state index is 13.4. The van der Waals surface area contributed by atoms with Crippen molar-refractivity contribution in [2.24, 2.45) is 7.05 Å². The topological polar surface area (TPSA) is 44.6 Å². The van der Waals surface area contributed by atoms with E-state index in [2.05, 4.69) is 50.7 Å². The van der Waals surface area contributed by atoms with Gasteiger partial charge in [0.1, 0.15) is 0 Å². The van der Waals surface area contributed by atoms with Gasteiger partial charge in [0.15, 0.2) is 0 Å². The summed E-state index contributed by atoms with van der Waals surface area (Å²) in [6, 6.07) is 17.9. The molecule has 2 fully saturated rings. The fraction of sp³-hybridized carbons (Fsp3) is 0.412. The summed E-state index contributed by atoms with van der Waals surface area (Å²) < 4.78 is 40.9. The van der Waals surface area contributed by atoms with Crippen molar-refractivity contribution in [2.45, 2.75) is 44.9 Å². The zero-order valence-electron chi connectivity index (χ0n) is 24.8. The van der Waals surface area contributed by atoms with E-state index < -0.39 is 11.7 Å². The molecular weight excluding hydrogens is 551 g/mol. The van der Waals surface area contributed by atoms with Gasteiger partial charge in [-0.3, -0.25) is 19.6 Å². The van der Waals surface area contributed by atoms with Crippen LogP contribution in [-0.4, -0.2) is 69.4 Å². The van der Waals surface area contributed by atoms with E-state index in [-0.39, 0.29) is 5.91 Å².